The number of amides is 1. The Morgan fingerprint density at radius 2 is 2.00 bits per heavy atom. The fraction of sp³-hybridized carbons (Fsp3) is 0.529. The number of hydrogen-bond acceptors (Lipinski definition) is 5. The zero-order chi connectivity index (χ0) is 19.3. The smallest absolute Gasteiger partial charge is 0.320 e. The van der Waals surface area contributed by atoms with Gasteiger partial charge in [-0.15, -0.1) is 0 Å². The van der Waals surface area contributed by atoms with Gasteiger partial charge in [-0.25, -0.2) is 8.42 Å². The molecule has 8 nitrogen and oxygen atoms in total. The molecule has 1 aliphatic heterocycles. The van der Waals surface area contributed by atoms with Crippen LogP contribution in [-0.4, -0.2) is 66.8 Å². The number of likely N-dealkylation sites (tertiary alicyclic amines) is 1. The van der Waals surface area contributed by atoms with E-state index in [4.69, 9.17) is 5.11 Å². The number of aliphatic carboxylic acids is 1. The summed E-state index contributed by atoms with van der Waals surface area (Å²) in [5.74, 6) is -1.29. The topological polar surface area (TPSA) is 107 Å². The maximum absolute atomic E-state index is 12.6. The highest BCUT2D eigenvalue weighted by Crippen LogP contribution is 2.20. The largest absolute Gasteiger partial charge is 0.480 e. The monoisotopic (exact) mass is 383 g/mol. The first-order valence-corrected chi connectivity index (χ1v) is 10.1. The molecule has 2 N–H and O–H groups in total. The molecule has 144 valence electrons. The third-order valence-corrected chi connectivity index (χ3v) is 6.50. The third kappa shape index (κ3) is 4.60. The summed E-state index contributed by atoms with van der Waals surface area (Å²) in [4.78, 5) is 25.2. The van der Waals surface area contributed by atoms with Gasteiger partial charge >= 0.3 is 5.97 Å². The Morgan fingerprint density at radius 1 is 1.31 bits per heavy atom. The number of carbonyl (C=O) groups excluding carboxylic acids is 1. The van der Waals surface area contributed by atoms with E-state index < -0.39 is 22.0 Å². The summed E-state index contributed by atoms with van der Waals surface area (Å²) in [6.07, 6.45) is 1.27. The second-order valence-electron chi connectivity index (χ2n) is 6.13. The van der Waals surface area contributed by atoms with E-state index >= 15 is 0 Å². The number of hydrogen-bond donors (Lipinski definition) is 2. The number of carboxylic acid groups (broad SMARTS) is 1. The van der Waals surface area contributed by atoms with E-state index in [0.717, 1.165) is 6.42 Å². The summed E-state index contributed by atoms with van der Waals surface area (Å²) in [6, 6.07) is 5.45. The summed E-state index contributed by atoms with van der Waals surface area (Å²) in [5, 5.41) is 11.8. The van der Waals surface area contributed by atoms with Crippen LogP contribution in [-0.2, 0) is 19.6 Å². The molecule has 9 heteroatoms. The summed E-state index contributed by atoms with van der Waals surface area (Å²) in [7, 11) is -3.61. The van der Waals surface area contributed by atoms with E-state index in [2.05, 4.69) is 5.32 Å². The lowest BCUT2D eigenvalue weighted by atomic mass is 10.2. The Labute approximate surface area is 153 Å². The van der Waals surface area contributed by atoms with Crippen LogP contribution in [0.4, 0.5) is 5.69 Å². The van der Waals surface area contributed by atoms with E-state index in [9.17, 15) is 18.0 Å². The molecule has 0 saturated carbocycles. The molecule has 0 aromatic heterocycles. The summed E-state index contributed by atoms with van der Waals surface area (Å²) in [5.41, 5.74) is 0.370. The summed E-state index contributed by atoms with van der Waals surface area (Å²) >= 11 is 0. The van der Waals surface area contributed by atoms with Crippen LogP contribution in [0.3, 0.4) is 0 Å². The lowest BCUT2D eigenvalue weighted by Crippen LogP contribution is -2.40. The lowest BCUT2D eigenvalue weighted by molar-refractivity contribution is -0.142. The molecular formula is C17H25N3O5S. The second-order valence-corrected chi connectivity index (χ2v) is 8.07. The molecule has 1 aliphatic rings. The van der Waals surface area contributed by atoms with Crippen LogP contribution in [0.25, 0.3) is 0 Å². The number of benzene rings is 1. The molecule has 1 fully saturated rings. The Bertz CT molecular complexity index is 761. The van der Waals surface area contributed by atoms with Gasteiger partial charge < -0.3 is 10.4 Å². The van der Waals surface area contributed by atoms with Gasteiger partial charge in [0.15, 0.2) is 0 Å². The lowest BCUT2D eigenvalue weighted by Gasteiger charge is -2.21. The molecule has 0 aliphatic carbocycles. The zero-order valence-corrected chi connectivity index (χ0v) is 15.8. The van der Waals surface area contributed by atoms with Gasteiger partial charge in [-0.05, 0) is 37.6 Å². The molecule has 1 heterocycles. The molecule has 0 radical (unpaired) electrons. The van der Waals surface area contributed by atoms with Crippen LogP contribution in [0.5, 0.6) is 0 Å². The maximum Gasteiger partial charge on any atom is 0.320 e. The first-order chi connectivity index (χ1) is 12.3. The average Bonchev–Trinajstić information content (AvgIpc) is 3.04. The molecular weight excluding hydrogens is 358 g/mol. The maximum atomic E-state index is 12.6. The van der Waals surface area contributed by atoms with Gasteiger partial charge in [0, 0.05) is 18.8 Å². The fourth-order valence-corrected chi connectivity index (χ4v) is 4.63. The molecule has 0 bridgehead atoms. The second kappa shape index (κ2) is 8.61. The Morgan fingerprint density at radius 3 is 2.62 bits per heavy atom. The van der Waals surface area contributed by atoms with Crippen molar-refractivity contribution in [3.05, 3.63) is 24.3 Å². The molecule has 0 spiro atoms. The van der Waals surface area contributed by atoms with Crippen LogP contribution in [0.2, 0.25) is 0 Å². The van der Waals surface area contributed by atoms with Gasteiger partial charge in [0.25, 0.3) is 0 Å². The Balaban J connectivity index is 2.09. The van der Waals surface area contributed by atoms with E-state index in [-0.39, 0.29) is 17.3 Å². The van der Waals surface area contributed by atoms with Crippen molar-refractivity contribution in [1.29, 1.82) is 0 Å². The number of carboxylic acids is 1. The number of sulfonamides is 1. The Kier molecular flexibility index (Phi) is 6.74. The molecule has 1 saturated heterocycles. The first kappa shape index (κ1) is 20.3. The van der Waals surface area contributed by atoms with E-state index in [1.165, 1.54) is 16.4 Å². The van der Waals surface area contributed by atoms with Gasteiger partial charge in [0.2, 0.25) is 15.9 Å². The highest BCUT2D eigenvalue weighted by atomic mass is 32.2. The SMILES string of the molecule is CCN(CC)S(=O)(=O)c1cccc(NC(=O)CN2CCC[C@@H]2C(=O)O)c1. The van der Waals surface area contributed by atoms with Crippen molar-refractivity contribution in [2.45, 2.75) is 37.6 Å². The van der Waals surface area contributed by atoms with E-state index in [0.29, 0.717) is 31.7 Å². The molecule has 1 amide bonds. The van der Waals surface area contributed by atoms with Gasteiger partial charge in [-0.1, -0.05) is 19.9 Å². The van der Waals surface area contributed by atoms with Crippen molar-refractivity contribution in [3.63, 3.8) is 0 Å². The number of carbonyl (C=O) groups is 2. The summed E-state index contributed by atoms with van der Waals surface area (Å²) in [6.45, 7) is 4.77. The van der Waals surface area contributed by atoms with Crippen molar-refractivity contribution in [1.82, 2.24) is 9.21 Å². The minimum atomic E-state index is -3.61. The Hall–Kier alpha value is -1.97. The van der Waals surface area contributed by atoms with Crippen molar-refractivity contribution in [2.24, 2.45) is 0 Å². The van der Waals surface area contributed by atoms with Crippen LogP contribution in [0.15, 0.2) is 29.2 Å². The number of rotatable bonds is 8. The van der Waals surface area contributed by atoms with Crippen molar-refractivity contribution >= 4 is 27.6 Å². The fourth-order valence-electron chi connectivity index (χ4n) is 3.13. The molecule has 1 atom stereocenters. The zero-order valence-electron chi connectivity index (χ0n) is 15.0. The van der Waals surface area contributed by atoms with E-state index in [1.807, 2.05) is 0 Å². The first-order valence-electron chi connectivity index (χ1n) is 8.66. The van der Waals surface area contributed by atoms with Crippen molar-refractivity contribution in [2.75, 3.05) is 31.5 Å². The van der Waals surface area contributed by atoms with Gasteiger partial charge in [-0.3, -0.25) is 14.5 Å². The minimum Gasteiger partial charge on any atom is -0.480 e. The van der Waals surface area contributed by atoms with E-state index in [1.54, 1.807) is 30.9 Å². The van der Waals surface area contributed by atoms with Crippen LogP contribution < -0.4 is 5.32 Å². The van der Waals surface area contributed by atoms with Crippen molar-refractivity contribution < 1.29 is 23.1 Å². The van der Waals surface area contributed by atoms with Gasteiger partial charge in [0.1, 0.15) is 6.04 Å². The van der Waals surface area contributed by atoms with Crippen LogP contribution >= 0.6 is 0 Å². The normalized spacial score (nSPS) is 18.2. The number of nitrogens with zero attached hydrogens (tertiary/aromatic N) is 2. The molecule has 1 aromatic carbocycles. The summed E-state index contributed by atoms with van der Waals surface area (Å²) < 4.78 is 26.5. The predicted molar refractivity (Wildman–Crippen MR) is 97.4 cm³/mol. The highest BCUT2D eigenvalue weighted by Gasteiger charge is 2.31. The predicted octanol–water partition coefficient (Wildman–Crippen LogP) is 1.20. The number of anilines is 1. The van der Waals surface area contributed by atoms with Crippen molar-refractivity contribution in [3.8, 4) is 0 Å². The molecule has 0 unspecified atom stereocenters. The van der Waals surface area contributed by atoms with Gasteiger partial charge in [-0.2, -0.15) is 4.31 Å². The molecule has 2 rings (SSSR count). The highest BCUT2D eigenvalue weighted by molar-refractivity contribution is 7.89. The average molecular weight is 383 g/mol. The van der Waals surface area contributed by atoms with Crippen LogP contribution in [0.1, 0.15) is 26.7 Å². The molecule has 26 heavy (non-hydrogen) atoms. The van der Waals surface area contributed by atoms with Gasteiger partial charge in [0.05, 0.1) is 11.4 Å². The van der Waals surface area contributed by atoms with Crippen LogP contribution in [0, 0.1) is 0 Å². The molecule has 1 aromatic rings. The minimum absolute atomic E-state index is 0.0377. The third-order valence-electron chi connectivity index (χ3n) is 4.46. The number of nitrogens with one attached hydrogen (secondary N) is 1. The standard InChI is InChI=1S/C17H25N3O5S/c1-3-20(4-2)26(24,25)14-8-5-7-13(11-14)18-16(21)12-19-10-6-9-15(19)17(22)23/h5,7-8,11,15H,3-4,6,9-10,12H2,1-2H3,(H,18,21)(H,22,23)/t15-/m1/s1. The quantitative estimate of drug-likeness (QED) is 0.699.